The Morgan fingerprint density at radius 3 is 2.70 bits per heavy atom. The highest BCUT2D eigenvalue weighted by Crippen LogP contribution is 2.27. The summed E-state index contributed by atoms with van der Waals surface area (Å²) < 4.78 is 5.66. The molecule has 0 aliphatic rings. The summed E-state index contributed by atoms with van der Waals surface area (Å²) in [7, 11) is 0. The molecule has 0 saturated carbocycles. The maximum absolute atomic E-state index is 12.4. The summed E-state index contributed by atoms with van der Waals surface area (Å²) in [4.78, 5) is 17.5. The van der Waals surface area contributed by atoms with Gasteiger partial charge in [-0.05, 0) is 38.5 Å². The van der Waals surface area contributed by atoms with Gasteiger partial charge in [0.1, 0.15) is 15.6 Å². The summed E-state index contributed by atoms with van der Waals surface area (Å²) in [6.07, 6.45) is 1.70. The van der Waals surface area contributed by atoms with Gasteiger partial charge >= 0.3 is 0 Å². The molecule has 0 bridgehead atoms. The summed E-state index contributed by atoms with van der Waals surface area (Å²) in [6, 6.07) is 17.4. The molecule has 5 nitrogen and oxygen atoms in total. The molecule has 3 rings (SSSR count). The summed E-state index contributed by atoms with van der Waals surface area (Å²) in [5.41, 5.74) is 5.11. The Morgan fingerprint density at radius 1 is 1.19 bits per heavy atom. The number of aryl methyl sites for hydroxylation is 1. The lowest BCUT2D eigenvalue weighted by Gasteiger charge is -2.09. The molecule has 0 saturated heterocycles. The van der Waals surface area contributed by atoms with E-state index in [2.05, 4.69) is 15.5 Å². The minimum absolute atomic E-state index is 0.102. The van der Waals surface area contributed by atoms with Gasteiger partial charge in [0.15, 0.2) is 0 Å². The standard InChI is InChI=1S/C21H21N3O2S/c1-14(2)26-18-11-7-8-16(12-18)13-22-24-20(25)19-15(3)23-21(27-19)17-9-5-4-6-10-17/h4-14H,1-3H3,(H,24,25)/b22-13+. The van der Waals surface area contributed by atoms with Gasteiger partial charge < -0.3 is 4.74 Å². The van der Waals surface area contributed by atoms with Crippen LogP contribution in [0.15, 0.2) is 59.7 Å². The van der Waals surface area contributed by atoms with E-state index in [1.54, 1.807) is 6.21 Å². The molecule has 2 aromatic carbocycles. The number of rotatable bonds is 6. The fourth-order valence-corrected chi connectivity index (χ4v) is 3.43. The van der Waals surface area contributed by atoms with E-state index in [1.165, 1.54) is 11.3 Å². The molecule has 6 heteroatoms. The molecule has 1 aromatic heterocycles. The molecule has 0 spiro atoms. The first-order chi connectivity index (χ1) is 13.0. The molecule has 0 fully saturated rings. The molecule has 0 unspecified atom stereocenters. The van der Waals surface area contributed by atoms with E-state index in [4.69, 9.17) is 4.74 Å². The Labute approximate surface area is 162 Å². The SMILES string of the molecule is Cc1nc(-c2ccccc2)sc1C(=O)N/N=C/c1cccc(OC(C)C)c1. The van der Waals surface area contributed by atoms with Crippen molar-refractivity contribution in [3.8, 4) is 16.3 Å². The van der Waals surface area contributed by atoms with Crippen molar-refractivity contribution >= 4 is 23.5 Å². The van der Waals surface area contributed by atoms with E-state index in [0.29, 0.717) is 10.6 Å². The number of ether oxygens (including phenoxy) is 1. The van der Waals surface area contributed by atoms with Crippen LogP contribution >= 0.6 is 11.3 Å². The van der Waals surface area contributed by atoms with Crippen molar-refractivity contribution < 1.29 is 9.53 Å². The highest BCUT2D eigenvalue weighted by molar-refractivity contribution is 7.17. The number of thiazole rings is 1. The quantitative estimate of drug-likeness (QED) is 0.500. The average Bonchev–Trinajstić information content (AvgIpc) is 3.04. The third-order valence-electron chi connectivity index (χ3n) is 3.63. The molecular weight excluding hydrogens is 358 g/mol. The average molecular weight is 379 g/mol. The Hall–Kier alpha value is -2.99. The highest BCUT2D eigenvalue weighted by atomic mass is 32.1. The molecule has 3 aromatic rings. The zero-order chi connectivity index (χ0) is 19.2. The van der Waals surface area contributed by atoms with Crippen LogP contribution in [0.3, 0.4) is 0 Å². The number of hydrogen-bond donors (Lipinski definition) is 1. The first kappa shape index (κ1) is 18.8. The summed E-state index contributed by atoms with van der Waals surface area (Å²) >= 11 is 1.36. The minimum Gasteiger partial charge on any atom is -0.491 e. The zero-order valence-corrected chi connectivity index (χ0v) is 16.3. The van der Waals surface area contributed by atoms with Crippen molar-refractivity contribution in [3.05, 3.63) is 70.7 Å². The predicted octanol–water partition coefficient (Wildman–Crippen LogP) is 4.67. The number of amides is 1. The van der Waals surface area contributed by atoms with Gasteiger partial charge in [-0.1, -0.05) is 42.5 Å². The van der Waals surface area contributed by atoms with E-state index < -0.39 is 0 Å². The zero-order valence-electron chi connectivity index (χ0n) is 15.5. The molecule has 0 aliphatic heterocycles. The van der Waals surface area contributed by atoms with Crippen molar-refractivity contribution in [3.63, 3.8) is 0 Å². The van der Waals surface area contributed by atoms with E-state index in [9.17, 15) is 4.79 Å². The number of aromatic nitrogens is 1. The lowest BCUT2D eigenvalue weighted by Crippen LogP contribution is -2.17. The molecule has 1 N–H and O–H groups in total. The van der Waals surface area contributed by atoms with Gasteiger partial charge in [-0.15, -0.1) is 11.3 Å². The van der Waals surface area contributed by atoms with Crippen LogP contribution in [-0.2, 0) is 0 Å². The monoisotopic (exact) mass is 379 g/mol. The van der Waals surface area contributed by atoms with Crippen molar-refractivity contribution in [2.75, 3.05) is 0 Å². The van der Waals surface area contributed by atoms with Crippen LogP contribution in [0.4, 0.5) is 0 Å². The Kier molecular flexibility index (Phi) is 5.98. The van der Waals surface area contributed by atoms with Gasteiger partial charge in [0, 0.05) is 5.56 Å². The number of nitrogens with one attached hydrogen (secondary N) is 1. The number of nitrogens with zero attached hydrogens (tertiary/aromatic N) is 2. The fourth-order valence-electron chi connectivity index (χ4n) is 2.47. The largest absolute Gasteiger partial charge is 0.491 e. The van der Waals surface area contributed by atoms with Crippen LogP contribution in [0.5, 0.6) is 5.75 Å². The summed E-state index contributed by atoms with van der Waals surface area (Å²) in [5.74, 6) is 0.504. The van der Waals surface area contributed by atoms with E-state index in [-0.39, 0.29) is 12.0 Å². The van der Waals surface area contributed by atoms with Gasteiger partial charge in [0.25, 0.3) is 5.91 Å². The maximum Gasteiger partial charge on any atom is 0.283 e. The molecule has 138 valence electrons. The topological polar surface area (TPSA) is 63.6 Å². The van der Waals surface area contributed by atoms with Crippen molar-refractivity contribution in [1.29, 1.82) is 0 Å². The Morgan fingerprint density at radius 2 is 1.96 bits per heavy atom. The number of carbonyl (C=O) groups excluding carboxylic acids is 1. The third kappa shape index (κ3) is 5.01. The van der Waals surface area contributed by atoms with Crippen LogP contribution in [0, 0.1) is 6.92 Å². The normalized spacial score (nSPS) is 11.1. The van der Waals surface area contributed by atoms with Gasteiger partial charge in [-0.3, -0.25) is 4.79 Å². The molecule has 0 radical (unpaired) electrons. The summed E-state index contributed by atoms with van der Waals surface area (Å²) in [6.45, 7) is 5.78. The number of carbonyl (C=O) groups is 1. The van der Waals surface area contributed by atoms with E-state index in [1.807, 2.05) is 75.4 Å². The smallest absolute Gasteiger partial charge is 0.283 e. The van der Waals surface area contributed by atoms with Crippen LogP contribution in [0.1, 0.15) is 34.8 Å². The molecule has 1 heterocycles. The summed E-state index contributed by atoms with van der Waals surface area (Å²) in [5, 5.41) is 4.88. The lowest BCUT2D eigenvalue weighted by atomic mass is 10.2. The van der Waals surface area contributed by atoms with Gasteiger partial charge in [-0.25, -0.2) is 10.4 Å². The minimum atomic E-state index is -0.266. The molecule has 0 aliphatic carbocycles. The van der Waals surface area contributed by atoms with Crippen molar-refractivity contribution in [2.24, 2.45) is 5.10 Å². The van der Waals surface area contributed by atoms with Crippen molar-refractivity contribution in [2.45, 2.75) is 26.9 Å². The van der Waals surface area contributed by atoms with Gasteiger partial charge in [-0.2, -0.15) is 5.10 Å². The van der Waals surface area contributed by atoms with E-state index >= 15 is 0 Å². The fraction of sp³-hybridized carbons (Fsp3) is 0.190. The first-order valence-corrected chi connectivity index (χ1v) is 9.47. The number of benzene rings is 2. The van der Waals surface area contributed by atoms with Gasteiger partial charge in [0.2, 0.25) is 0 Å². The van der Waals surface area contributed by atoms with Crippen LogP contribution < -0.4 is 10.2 Å². The van der Waals surface area contributed by atoms with Gasteiger partial charge in [0.05, 0.1) is 18.0 Å². The lowest BCUT2D eigenvalue weighted by molar-refractivity contribution is 0.0958. The van der Waals surface area contributed by atoms with E-state index in [0.717, 1.165) is 21.9 Å². The van der Waals surface area contributed by atoms with Crippen LogP contribution in [-0.4, -0.2) is 23.2 Å². The van der Waals surface area contributed by atoms with Crippen LogP contribution in [0.2, 0.25) is 0 Å². The molecule has 27 heavy (non-hydrogen) atoms. The second-order valence-electron chi connectivity index (χ2n) is 6.24. The Balaban J connectivity index is 1.68. The molecule has 0 atom stereocenters. The number of hydrogen-bond acceptors (Lipinski definition) is 5. The second-order valence-corrected chi connectivity index (χ2v) is 7.24. The van der Waals surface area contributed by atoms with Crippen molar-refractivity contribution in [1.82, 2.24) is 10.4 Å². The second kappa shape index (κ2) is 8.60. The predicted molar refractivity (Wildman–Crippen MR) is 110 cm³/mol. The molecular formula is C21H21N3O2S. The first-order valence-electron chi connectivity index (χ1n) is 8.66. The van der Waals surface area contributed by atoms with Crippen LogP contribution in [0.25, 0.3) is 10.6 Å². The maximum atomic E-state index is 12.4. The Bertz CT molecular complexity index is 949. The third-order valence-corrected chi connectivity index (χ3v) is 4.84. The highest BCUT2D eigenvalue weighted by Gasteiger charge is 2.15. The molecule has 1 amide bonds. The number of hydrazone groups is 1.